The Morgan fingerprint density at radius 2 is 2.04 bits per heavy atom. The number of carbonyl (C=O) groups is 3. The van der Waals surface area contributed by atoms with Gasteiger partial charge in [0.2, 0.25) is 11.8 Å². The summed E-state index contributed by atoms with van der Waals surface area (Å²) in [6.45, 7) is 7.34. The highest BCUT2D eigenvalue weighted by Crippen LogP contribution is 2.44. The maximum Gasteiger partial charge on any atom is 0.265 e. The number of piperidine rings is 1. The summed E-state index contributed by atoms with van der Waals surface area (Å²) >= 11 is 2.98. The molecular weight excluding hydrogens is 613 g/mol. The normalized spacial score (nSPS) is 29.3. The van der Waals surface area contributed by atoms with E-state index in [-0.39, 0.29) is 28.6 Å². The van der Waals surface area contributed by atoms with E-state index in [0.29, 0.717) is 69.2 Å². The average Bonchev–Trinajstić information content (AvgIpc) is 3.83. The van der Waals surface area contributed by atoms with Gasteiger partial charge in [0.15, 0.2) is 0 Å². The minimum Gasteiger partial charge on any atom is -0.380 e. The molecule has 45 heavy (non-hydrogen) atoms. The van der Waals surface area contributed by atoms with Crippen molar-refractivity contribution in [2.45, 2.75) is 63.5 Å². The fraction of sp³-hybridized carbons (Fsp3) is 0.719. The highest BCUT2D eigenvalue weighted by atomic mass is 32.1. The molecule has 4 aliphatic heterocycles. The number of thiazole rings is 2. The molecule has 0 radical (unpaired) electrons. The van der Waals surface area contributed by atoms with E-state index in [4.69, 9.17) is 9.47 Å². The van der Waals surface area contributed by atoms with Crippen molar-refractivity contribution in [3.8, 4) is 0 Å². The van der Waals surface area contributed by atoms with E-state index in [2.05, 4.69) is 20.6 Å². The van der Waals surface area contributed by atoms with Gasteiger partial charge < -0.3 is 29.9 Å². The van der Waals surface area contributed by atoms with Crippen LogP contribution in [0.3, 0.4) is 0 Å². The van der Waals surface area contributed by atoms with Gasteiger partial charge in [-0.3, -0.25) is 19.4 Å². The summed E-state index contributed by atoms with van der Waals surface area (Å²) in [6.07, 6.45) is 9.14. The van der Waals surface area contributed by atoms with E-state index >= 15 is 0 Å². The number of hydrogen-bond donors (Lipinski definition) is 2. The minimum absolute atomic E-state index is 0.0241. The zero-order chi connectivity index (χ0) is 31.0. The molecule has 1 aliphatic carbocycles. The number of likely N-dealkylation sites (tertiary alicyclic amines) is 2. The quantitative estimate of drug-likeness (QED) is 0.422. The first-order valence-electron chi connectivity index (χ1n) is 16.4. The number of carbonyl (C=O) groups excluding carboxylic acids is 3. The number of fused-ring (bicyclic) bond motifs is 2. The first kappa shape index (κ1) is 31.2. The van der Waals surface area contributed by atoms with Crippen LogP contribution < -0.4 is 10.6 Å². The summed E-state index contributed by atoms with van der Waals surface area (Å²) in [6, 6.07) is -0.814. The molecule has 6 heterocycles. The Labute approximate surface area is 272 Å². The maximum absolute atomic E-state index is 14.2. The molecule has 1 spiro atoms. The topological polar surface area (TPSA) is 126 Å². The second kappa shape index (κ2) is 13.0. The SMILES string of the molecule is C[C@@H](OCC12CCCC(COC1)C2)[C@H](NC(=O)[C@@H]1CN(C(=O)c2cncs2)CC12CNC2)C(=O)N1CCC(c2nccs2)CC1. The molecule has 2 aromatic heterocycles. The lowest BCUT2D eigenvalue weighted by Crippen LogP contribution is -2.63. The van der Waals surface area contributed by atoms with Gasteiger partial charge in [-0.15, -0.1) is 22.7 Å². The third-order valence-electron chi connectivity index (χ3n) is 10.9. The van der Waals surface area contributed by atoms with E-state index in [1.165, 1.54) is 24.2 Å². The van der Waals surface area contributed by atoms with Crippen LogP contribution in [0.25, 0.3) is 0 Å². The van der Waals surface area contributed by atoms with Crippen molar-refractivity contribution in [3.05, 3.63) is 33.2 Å². The summed E-state index contributed by atoms with van der Waals surface area (Å²) in [4.78, 5) is 54.4. The van der Waals surface area contributed by atoms with Gasteiger partial charge in [0.25, 0.3) is 5.91 Å². The fourth-order valence-electron chi connectivity index (χ4n) is 8.25. The van der Waals surface area contributed by atoms with Crippen LogP contribution in [-0.2, 0) is 19.1 Å². The van der Waals surface area contributed by atoms with Crippen molar-refractivity contribution in [1.82, 2.24) is 30.4 Å². The zero-order valence-electron chi connectivity index (χ0n) is 25.9. The molecule has 13 heteroatoms. The van der Waals surface area contributed by atoms with Gasteiger partial charge in [-0.05, 0) is 44.9 Å². The van der Waals surface area contributed by atoms with Crippen LogP contribution in [-0.4, -0.2) is 109 Å². The smallest absolute Gasteiger partial charge is 0.265 e. The molecule has 5 fully saturated rings. The largest absolute Gasteiger partial charge is 0.380 e. The Hall–Kier alpha value is -2.45. The molecule has 2 N–H and O–H groups in total. The van der Waals surface area contributed by atoms with Crippen molar-refractivity contribution in [2.75, 3.05) is 59.1 Å². The summed E-state index contributed by atoms with van der Waals surface area (Å²) in [5, 5.41) is 9.63. The second-order valence-corrected chi connectivity index (χ2v) is 15.8. The van der Waals surface area contributed by atoms with E-state index in [9.17, 15) is 14.4 Å². The second-order valence-electron chi connectivity index (χ2n) is 14.0. The van der Waals surface area contributed by atoms with Crippen LogP contribution in [0.1, 0.15) is 66.0 Å². The number of nitrogens with zero attached hydrogens (tertiary/aromatic N) is 4. The number of ether oxygens (including phenoxy) is 2. The number of rotatable bonds is 9. The van der Waals surface area contributed by atoms with Crippen LogP contribution in [0.2, 0.25) is 0 Å². The first-order valence-corrected chi connectivity index (χ1v) is 18.2. The minimum atomic E-state index is -0.814. The Bertz CT molecular complexity index is 1330. The molecule has 11 nitrogen and oxygen atoms in total. The van der Waals surface area contributed by atoms with Gasteiger partial charge in [-0.2, -0.15) is 0 Å². The molecule has 2 aromatic rings. The highest BCUT2D eigenvalue weighted by Gasteiger charge is 2.55. The Morgan fingerprint density at radius 1 is 1.20 bits per heavy atom. The van der Waals surface area contributed by atoms with Crippen LogP contribution in [0.15, 0.2) is 23.3 Å². The predicted octanol–water partition coefficient (Wildman–Crippen LogP) is 2.76. The van der Waals surface area contributed by atoms with Crippen LogP contribution >= 0.6 is 22.7 Å². The predicted molar refractivity (Wildman–Crippen MR) is 170 cm³/mol. The van der Waals surface area contributed by atoms with Gasteiger partial charge in [0.05, 0.1) is 42.0 Å². The van der Waals surface area contributed by atoms with Gasteiger partial charge >= 0.3 is 0 Å². The van der Waals surface area contributed by atoms with E-state index in [0.717, 1.165) is 37.3 Å². The maximum atomic E-state index is 14.2. The number of nitrogens with one attached hydrogen (secondary N) is 2. The third kappa shape index (κ3) is 6.30. The summed E-state index contributed by atoms with van der Waals surface area (Å²) in [7, 11) is 0. The van der Waals surface area contributed by atoms with Gasteiger partial charge in [-0.1, -0.05) is 6.42 Å². The first-order chi connectivity index (χ1) is 21.8. The molecule has 4 saturated heterocycles. The standard InChI is InChI=1S/C32H44N6O5S2/c1-21(43-19-31-6-2-3-22(11-31)14-42-18-31)26(30(41)37-8-4-23(5-9-37)28-35-7-10-44-28)36-27(39)24-13-38(17-32(24)15-34-16-32)29(40)25-12-33-20-45-25/h7,10,12,20-24,26,34H,2-6,8-9,11,13-19H2,1H3,(H,36,39)/t21-,22?,24+,26+,31?/m1/s1. The third-order valence-corrected chi connectivity index (χ3v) is 12.6. The molecule has 244 valence electrons. The van der Waals surface area contributed by atoms with E-state index in [1.54, 1.807) is 27.9 Å². The molecule has 5 aliphatic rings. The average molecular weight is 657 g/mol. The monoisotopic (exact) mass is 656 g/mol. The molecule has 3 amide bonds. The van der Waals surface area contributed by atoms with Crippen LogP contribution in [0, 0.1) is 22.7 Å². The molecule has 2 bridgehead atoms. The Balaban J connectivity index is 1.06. The molecule has 0 aromatic carbocycles. The highest BCUT2D eigenvalue weighted by molar-refractivity contribution is 7.11. The molecule has 5 atom stereocenters. The molecular formula is C32H44N6O5S2. The summed E-state index contributed by atoms with van der Waals surface area (Å²) in [5.41, 5.74) is 1.28. The number of hydrogen-bond acceptors (Lipinski definition) is 10. The summed E-state index contributed by atoms with van der Waals surface area (Å²) < 4.78 is 12.5. The molecule has 7 rings (SSSR count). The number of amides is 3. The van der Waals surface area contributed by atoms with Crippen molar-refractivity contribution < 1.29 is 23.9 Å². The fourth-order valence-corrected chi connectivity index (χ4v) is 9.65. The van der Waals surface area contributed by atoms with Crippen LogP contribution in [0.5, 0.6) is 0 Å². The molecule has 1 saturated carbocycles. The number of aromatic nitrogens is 2. The Morgan fingerprint density at radius 3 is 2.76 bits per heavy atom. The lowest BCUT2D eigenvalue weighted by atomic mass is 9.69. The van der Waals surface area contributed by atoms with E-state index in [1.807, 2.05) is 23.4 Å². The van der Waals surface area contributed by atoms with Gasteiger partial charge in [0, 0.05) is 74.2 Å². The van der Waals surface area contributed by atoms with Gasteiger partial charge in [0.1, 0.15) is 10.9 Å². The van der Waals surface area contributed by atoms with Crippen molar-refractivity contribution in [1.29, 1.82) is 0 Å². The lowest BCUT2D eigenvalue weighted by molar-refractivity contribution is -0.149. The van der Waals surface area contributed by atoms with Crippen LogP contribution in [0.4, 0.5) is 0 Å². The van der Waals surface area contributed by atoms with Crippen molar-refractivity contribution in [2.24, 2.45) is 22.7 Å². The van der Waals surface area contributed by atoms with E-state index < -0.39 is 18.1 Å². The zero-order valence-corrected chi connectivity index (χ0v) is 27.6. The van der Waals surface area contributed by atoms with Crippen molar-refractivity contribution in [3.63, 3.8) is 0 Å². The summed E-state index contributed by atoms with van der Waals surface area (Å²) in [5.74, 6) is 0.146. The lowest BCUT2D eigenvalue weighted by Gasteiger charge is -2.45. The molecule has 2 unspecified atom stereocenters. The van der Waals surface area contributed by atoms with Crippen molar-refractivity contribution >= 4 is 40.4 Å². The Kier molecular flexibility index (Phi) is 8.99. The van der Waals surface area contributed by atoms with Gasteiger partial charge in [-0.25, -0.2) is 4.98 Å².